The summed E-state index contributed by atoms with van der Waals surface area (Å²) < 4.78 is 23.7. The van der Waals surface area contributed by atoms with Gasteiger partial charge in [0.25, 0.3) is 0 Å². The van der Waals surface area contributed by atoms with Gasteiger partial charge in [-0.2, -0.15) is 0 Å². The number of carbonyl (C=O) groups excluding carboxylic acids is 4. The van der Waals surface area contributed by atoms with Crippen molar-refractivity contribution in [1.82, 2.24) is 20.2 Å². The number of para-hydroxylation sites is 3. The average Bonchev–Trinajstić information content (AvgIpc) is 3.99. The van der Waals surface area contributed by atoms with Crippen LogP contribution < -0.4 is 15.0 Å². The number of hydrogen-bond donors (Lipinski definition) is 4. The van der Waals surface area contributed by atoms with Crippen molar-refractivity contribution in [2.45, 2.75) is 42.6 Å². The number of aliphatic hydroxyl groups is 2. The standard InChI is InChI=1S/C51H47N5O10/c1-63-28-29-65-50(62)55-39-24-23-32(14-12-13-25-57)30-36(39)51(49(55)61)42(47(59)52-31-41-53-37-20-9-10-21-38(37)54-41)44-48(60)66-45(34-17-6-3-7-18-34)43(33-15-4-2-5-16-33)56(44)46(51)35-19-8-11-22-40(35)64-27-26-58/h2-11,15-24,30,42-46,57-58H,13,25-29,31H2,1H3,(H,52,59)(H,53,54)/t42-,43-,44-,45+,46+,51-/m1/s1. The smallest absolute Gasteiger partial charge is 0.421 e. The monoisotopic (exact) mass is 889 g/mol. The molecule has 1 aromatic heterocycles. The summed E-state index contributed by atoms with van der Waals surface area (Å²) in [7, 11) is 1.45. The number of fused-ring (bicyclic) bond motifs is 4. The summed E-state index contributed by atoms with van der Waals surface area (Å²) in [6.07, 6.45) is -1.82. The molecule has 6 atom stereocenters. The van der Waals surface area contributed by atoms with Crippen molar-refractivity contribution in [2.24, 2.45) is 5.92 Å². The molecule has 4 heterocycles. The normalized spacial score (nSPS) is 22.0. The number of morpholine rings is 1. The average molecular weight is 890 g/mol. The first-order valence-electron chi connectivity index (χ1n) is 21.7. The first kappa shape index (κ1) is 43.9. The molecule has 336 valence electrons. The fourth-order valence-corrected chi connectivity index (χ4v) is 9.80. The van der Waals surface area contributed by atoms with Crippen molar-refractivity contribution in [3.63, 3.8) is 0 Å². The lowest BCUT2D eigenvalue weighted by Crippen LogP contribution is -2.55. The minimum atomic E-state index is -2.12. The van der Waals surface area contributed by atoms with Crippen LogP contribution in [-0.4, -0.2) is 95.1 Å². The van der Waals surface area contributed by atoms with Crippen LogP contribution in [0, 0.1) is 17.8 Å². The predicted octanol–water partition coefficient (Wildman–Crippen LogP) is 5.43. The number of amides is 3. The van der Waals surface area contributed by atoms with E-state index in [1.165, 1.54) is 7.11 Å². The number of imide groups is 1. The fraction of sp³-hybridized carbons (Fsp3) is 0.275. The van der Waals surface area contributed by atoms with Crippen molar-refractivity contribution >= 4 is 40.6 Å². The molecule has 66 heavy (non-hydrogen) atoms. The van der Waals surface area contributed by atoms with Gasteiger partial charge in [-0.15, -0.1) is 0 Å². The molecule has 0 radical (unpaired) electrons. The highest BCUT2D eigenvalue weighted by molar-refractivity contribution is 6.23. The number of ether oxygens (including phenoxy) is 4. The van der Waals surface area contributed by atoms with Crippen LogP contribution in [0.1, 0.15) is 58.3 Å². The minimum absolute atomic E-state index is 0.0392. The molecule has 0 bridgehead atoms. The maximum absolute atomic E-state index is 16.4. The molecule has 4 N–H and O–H groups in total. The molecular weight excluding hydrogens is 843 g/mol. The summed E-state index contributed by atoms with van der Waals surface area (Å²) in [5.74, 6) is 2.81. The van der Waals surface area contributed by atoms with E-state index in [9.17, 15) is 15.0 Å². The molecule has 3 amide bonds. The molecule has 0 unspecified atom stereocenters. The number of hydrogen-bond acceptors (Lipinski definition) is 12. The summed E-state index contributed by atoms with van der Waals surface area (Å²) in [5, 5.41) is 22.7. The van der Waals surface area contributed by atoms with Gasteiger partial charge in [0, 0.05) is 24.7 Å². The molecular formula is C51H47N5O10. The lowest BCUT2D eigenvalue weighted by Gasteiger charge is -2.46. The molecule has 15 nitrogen and oxygen atoms in total. The number of aromatic amines is 1. The lowest BCUT2D eigenvalue weighted by molar-refractivity contribution is -0.178. The number of anilines is 1. The van der Waals surface area contributed by atoms with Gasteiger partial charge in [0.15, 0.2) is 0 Å². The Morgan fingerprint density at radius 3 is 2.32 bits per heavy atom. The number of methoxy groups -OCH3 is 1. The Morgan fingerprint density at radius 2 is 1.58 bits per heavy atom. The van der Waals surface area contributed by atoms with E-state index in [4.69, 9.17) is 18.9 Å². The largest absolute Gasteiger partial charge is 0.491 e. The van der Waals surface area contributed by atoms with Crippen LogP contribution in [0.25, 0.3) is 11.0 Å². The molecule has 3 aliphatic heterocycles. The van der Waals surface area contributed by atoms with Gasteiger partial charge in [-0.05, 0) is 53.1 Å². The molecule has 15 heteroatoms. The molecule has 1 spiro atoms. The number of H-pyrrole nitrogens is 1. The second-order valence-electron chi connectivity index (χ2n) is 16.0. The zero-order valence-corrected chi connectivity index (χ0v) is 36.0. The zero-order valence-electron chi connectivity index (χ0n) is 36.0. The van der Waals surface area contributed by atoms with Crippen molar-refractivity contribution in [3.05, 3.63) is 161 Å². The minimum Gasteiger partial charge on any atom is -0.491 e. The van der Waals surface area contributed by atoms with Crippen LogP contribution in [-0.2, 0) is 40.6 Å². The Labute approximate surface area is 380 Å². The number of cyclic esters (lactones) is 1. The Bertz CT molecular complexity index is 2790. The van der Waals surface area contributed by atoms with Crippen LogP contribution in [0.2, 0.25) is 0 Å². The van der Waals surface area contributed by atoms with Crippen LogP contribution in [0.4, 0.5) is 10.5 Å². The summed E-state index contributed by atoms with van der Waals surface area (Å²) in [4.78, 5) is 72.7. The number of esters is 1. The number of carbonyl (C=O) groups is 4. The molecule has 2 fully saturated rings. The Kier molecular flexibility index (Phi) is 12.6. The molecule has 9 rings (SSSR count). The van der Waals surface area contributed by atoms with Crippen LogP contribution >= 0.6 is 0 Å². The highest BCUT2D eigenvalue weighted by atomic mass is 16.6. The summed E-state index contributed by atoms with van der Waals surface area (Å²) >= 11 is 0. The van der Waals surface area contributed by atoms with Crippen LogP contribution in [0.15, 0.2) is 127 Å². The van der Waals surface area contributed by atoms with E-state index in [1.54, 1.807) is 42.5 Å². The van der Waals surface area contributed by atoms with E-state index >= 15 is 14.4 Å². The fourth-order valence-electron chi connectivity index (χ4n) is 9.80. The topological polar surface area (TPSA) is 193 Å². The van der Waals surface area contributed by atoms with E-state index in [-0.39, 0.29) is 63.0 Å². The second kappa shape index (κ2) is 19.0. The van der Waals surface area contributed by atoms with E-state index in [0.717, 1.165) is 10.4 Å². The number of rotatable bonds is 13. The number of imidazole rings is 1. The summed E-state index contributed by atoms with van der Waals surface area (Å²) in [6.45, 7) is -0.914. The van der Waals surface area contributed by atoms with Gasteiger partial charge in [-0.1, -0.05) is 103 Å². The van der Waals surface area contributed by atoms with Gasteiger partial charge in [0.1, 0.15) is 42.3 Å². The van der Waals surface area contributed by atoms with Gasteiger partial charge < -0.3 is 39.5 Å². The van der Waals surface area contributed by atoms with E-state index < -0.39 is 59.4 Å². The predicted molar refractivity (Wildman–Crippen MR) is 241 cm³/mol. The first-order chi connectivity index (χ1) is 32.3. The van der Waals surface area contributed by atoms with Gasteiger partial charge in [0.05, 0.1) is 61.1 Å². The number of benzene rings is 5. The number of aromatic nitrogens is 2. The van der Waals surface area contributed by atoms with E-state index in [1.807, 2.05) is 89.8 Å². The Hall–Kier alpha value is -7.35. The van der Waals surface area contributed by atoms with Crippen LogP contribution in [0.3, 0.4) is 0 Å². The van der Waals surface area contributed by atoms with Gasteiger partial charge in [-0.3, -0.25) is 19.3 Å². The summed E-state index contributed by atoms with van der Waals surface area (Å²) in [6, 6.07) is 34.4. The molecule has 5 aromatic carbocycles. The highest BCUT2D eigenvalue weighted by Crippen LogP contribution is 2.66. The second-order valence-corrected chi connectivity index (χ2v) is 16.0. The van der Waals surface area contributed by atoms with Crippen molar-refractivity contribution in [1.29, 1.82) is 0 Å². The molecule has 2 saturated heterocycles. The number of nitrogens with zero attached hydrogens (tertiary/aromatic N) is 3. The van der Waals surface area contributed by atoms with E-state index in [0.29, 0.717) is 33.6 Å². The quantitative estimate of drug-likeness (QED) is 0.0654. The maximum atomic E-state index is 16.4. The lowest BCUT2D eigenvalue weighted by atomic mass is 9.65. The summed E-state index contributed by atoms with van der Waals surface area (Å²) in [5.41, 5.74) is 1.84. The zero-order chi connectivity index (χ0) is 45.8. The highest BCUT2D eigenvalue weighted by Gasteiger charge is 2.76. The maximum Gasteiger partial charge on any atom is 0.421 e. The van der Waals surface area contributed by atoms with Gasteiger partial charge in [0.2, 0.25) is 11.8 Å². The van der Waals surface area contributed by atoms with Crippen LogP contribution in [0.5, 0.6) is 5.75 Å². The van der Waals surface area contributed by atoms with Crippen molar-refractivity contribution in [3.8, 4) is 17.6 Å². The van der Waals surface area contributed by atoms with Gasteiger partial charge in [-0.25, -0.2) is 14.7 Å². The molecule has 0 saturated carbocycles. The SMILES string of the molecule is COCCOC(=O)N1C(=O)[C@@]2(c3cc(C#CCCO)ccc31)[C@H](c1ccccc1OCCO)N1[C@H](c3ccccc3)[C@H](c3ccccc3)OC(=O)[C@H]1[C@@H]2C(=O)NCc1nc2ccccc2[nH]1. The third-order valence-electron chi connectivity index (χ3n) is 12.3. The van der Waals surface area contributed by atoms with E-state index in [2.05, 4.69) is 27.1 Å². The van der Waals surface area contributed by atoms with Crippen molar-refractivity contribution in [2.75, 3.05) is 45.0 Å². The molecule has 6 aromatic rings. The van der Waals surface area contributed by atoms with Crippen molar-refractivity contribution < 1.29 is 48.3 Å². The molecule has 3 aliphatic rings. The molecule has 0 aliphatic carbocycles. The van der Waals surface area contributed by atoms with Gasteiger partial charge >= 0.3 is 12.1 Å². The number of aliphatic hydroxyl groups excluding tert-OH is 2. The first-order valence-corrected chi connectivity index (χ1v) is 21.7. The Morgan fingerprint density at radius 1 is 0.848 bits per heavy atom. The number of nitrogens with one attached hydrogen (secondary N) is 2. The Balaban J connectivity index is 1.34. The third-order valence-corrected chi connectivity index (χ3v) is 12.3. The third kappa shape index (κ3) is 7.73.